The maximum atomic E-state index is 10.9. The number of halogens is 1. The van der Waals surface area contributed by atoms with E-state index >= 15 is 0 Å². The second-order valence-corrected chi connectivity index (χ2v) is 4.46. The SMILES string of the molecule is CN(C)CCCN(C)c1ncnc(Cl)c1C=O. The third-order valence-electron chi connectivity index (χ3n) is 2.39. The van der Waals surface area contributed by atoms with Crippen LogP contribution in [0, 0.1) is 0 Å². The van der Waals surface area contributed by atoms with Crippen LogP contribution < -0.4 is 4.90 Å². The molecule has 5 nitrogen and oxygen atoms in total. The summed E-state index contributed by atoms with van der Waals surface area (Å²) in [6.07, 6.45) is 3.05. The Kier molecular flexibility index (Phi) is 5.31. The van der Waals surface area contributed by atoms with E-state index < -0.39 is 0 Å². The van der Waals surface area contributed by atoms with Gasteiger partial charge in [0.1, 0.15) is 17.3 Å². The highest BCUT2D eigenvalue weighted by Crippen LogP contribution is 2.20. The van der Waals surface area contributed by atoms with Gasteiger partial charge in [0, 0.05) is 13.6 Å². The second-order valence-electron chi connectivity index (χ2n) is 4.10. The number of aromatic nitrogens is 2. The van der Waals surface area contributed by atoms with Crippen molar-refractivity contribution in [2.45, 2.75) is 6.42 Å². The predicted molar refractivity (Wildman–Crippen MR) is 68.9 cm³/mol. The van der Waals surface area contributed by atoms with Crippen LogP contribution in [0.5, 0.6) is 0 Å². The van der Waals surface area contributed by atoms with Gasteiger partial charge >= 0.3 is 0 Å². The van der Waals surface area contributed by atoms with Crippen molar-refractivity contribution in [1.82, 2.24) is 14.9 Å². The van der Waals surface area contributed by atoms with Crippen molar-refractivity contribution in [2.75, 3.05) is 39.1 Å². The summed E-state index contributed by atoms with van der Waals surface area (Å²) in [4.78, 5) is 22.8. The van der Waals surface area contributed by atoms with E-state index in [4.69, 9.17) is 11.6 Å². The summed E-state index contributed by atoms with van der Waals surface area (Å²) >= 11 is 5.84. The number of hydrogen-bond acceptors (Lipinski definition) is 5. The Labute approximate surface area is 106 Å². The molecule has 0 aliphatic carbocycles. The van der Waals surface area contributed by atoms with Crippen LogP contribution in [0.1, 0.15) is 16.8 Å². The quantitative estimate of drug-likeness (QED) is 0.568. The summed E-state index contributed by atoms with van der Waals surface area (Å²) in [6.45, 7) is 1.80. The predicted octanol–water partition coefficient (Wildman–Crippen LogP) is 1.33. The van der Waals surface area contributed by atoms with Gasteiger partial charge in [-0.1, -0.05) is 11.6 Å². The van der Waals surface area contributed by atoms with E-state index in [1.165, 1.54) is 6.33 Å². The Morgan fingerprint density at radius 2 is 2.00 bits per heavy atom. The molecule has 0 saturated heterocycles. The first-order valence-corrected chi connectivity index (χ1v) is 5.75. The number of aldehydes is 1. The first-order chi connectivity index (χ1) is 8.06. The van der Waals surface area contributed by atoms with E-state index in [0.717, 1.165) is 19.5 Å². The molecule has 0 atom stereocenters. The zero-order chi connectivity index (χ0) is 12.8. The Hall–Kier alpha value is -1.20. The van der Waals surface area contributed by atoms with Crippen molar-refractivity contribution in [3.8, 4) is 0 Å². The summed E-state index contributed by atoms with van der Waals surface area (Å²) in [7, 11) is 5.94. The molecule has 94 valence electrons. The maximum Gasteiger partial charge on any atom is 0.156 e. The smallest absolute Gasteiger partial charge is 0.156 e. The number of carbonyl (C=O) groups is 1. The molecule has 6 heteroatoms. The van der Waals surface area contributed by atoms with Crippen LogP contribution in [0.25, 0.3) is 0 Å². The number of hydrogen-bond donors (Lipinski definition) is 0. The van der Waals surface area contributed by atoms with Crippen LogP contribution in [-0.2, 0) is 0 Å². The maximum absolute atomic E-state index is 10.9. The molecule has 0 unspecified atom stereocenters. The lowest BCUT2D eigenvalue weighted by molar-refractivity contribution is 0.112. The normalized spacial score (nSPS) is 10.6. The highest BCUT2D eigenvalue weighted by Gasteiger charge is 2.12. The number of rotatable bonds is 6. The summed E-state index contributed by atoms with van der Waals surface area (Å²) in [5, 5.41) is 0.199. The molecule has 0 bridgehead atoms. The second kappa shape index (κ2) is 6.51. The van der Waals surface area contributed by atoms with Gasteiger partial charge in [-0.25, -0.2) is 9.97 Å². The monoisotopic (exact) mass is 256 g/mol. The average Bonchev–Trinajstić information content (AvgIpc) is 2.28. The molecule has 0 N–H and O–H groups in total. The van der Waals surface area contributed by atoms with Gasteiger partial charge in [-0.05, 0) is 27.1 Å². The first-order valence-electron chi connectivity index (χ1n) is 5.37. The standard InChI is InChI=1S/C11H17ClN4O/c1-15(2)5-4-6-16(3)11-9(7-17)10(12)13-8-14-11/h7-8H,4-6H2,1-3H3. The van der Waals surface area contributed by atoms with Crippen molar-refractivity contribution in [2.24, 2.45) is 0 Å². The van der Waals surface area contributed by atoms with Gasteiger partial charge in [-0.15, -0.1) is 0 Å². The molecule has 0 amide bonds. The van der Waals surface area contributed by atoms with E-state index in [2.05, 4.69) is 14.9 Å². The van der Waals surface area contributed by atoms with Crippen molar-refractivity contribution in [3.05, 3.63) is 17.0 Å². The van der Waals surface area contributed by atoms with Crippen LogP contribution in [0.15, 0.2) is 6.33 Å². The summed E-state index contributed by atoms with van der Waals surface area (Å²) in [6, 6.07) is 0. The topological polar surface area (TPSA) is 49.3 Å². The fourth-order valence-corrected chi connectivity index (χ4v) is 1.67. The van der Waals surface area contributed by atoms with Gasteiger partial charge in [0.15, 0.2) is 6.29 Å². The van der Waals surface area contributed by atoms with Gasteiger partial charge < -0.3 is 9.80 Å². The van der Waals surface area contributed by atoms with Crippen LogP contribution in [0.3, 0.4) is 0 Å². The third kappa shape index (κ3) is 3.94. The van der Waals surface area contributed by atoms with Gasteiger partial charge in [-0.2, -0.15) is 0 Å². The largest absolute Gasteiger partial charge is 0.359 e. The van der Waals surface area contributed by atoms with E-state index in [0.29, 0.717) is 17.7 Å². The van der Waals surface area contributed by atoms with Crippen LogP contribution in [-0.4, -0.2) is 55.4 Å². The lowest BCUT2D eigenvalue weighted by Crippen LogP contribution is -2.25. The Balaban J connectivity index is 2.71. The number of nitrogens with zero attached hydrogens (tertiary/aromatic N) is 4. The molecule has 1 aromatic heterocycles. The van der Waals surface area contributed by atoms with E-state index in [9.17, 15) is 4.79 Å². The zero-order valence-electron chi connectivity index (χ0n) is 10.4. The van der Waals surface area contributed by atoms with Gasteiger partial charge in [0.2, 0.25) is 0 Å². The molecule has 0 radical (unpaired) electrons. The molecular weight excluding hydrogens is 240 g/mol. The molecule has 1 rings (SSSR count). The highest BCUT2D eigenvalue weighted by molar-refractivity contribution is 6.32. The Bertz CT molecular complexity index is 384. The lowest BCUT2D eigenvalue weighted by atomic mass is 10.3. The molecule has 17 heavy (non-hydrogen) atoms. The van der Waals surface area contributed by atoms with Gasteiger partial charge in [-0.3, -0.25) is 4.79 Å². The molecule has 0 spiro atoms. The van der Waals surface area contributed by atoms with Crippen LogP contribution >= 0.6 is 11.6 Å². The number of carbonyl (C=O) groups excluding carboxylic acids is 1. The molecule has 1 aromatic rings. The molecule has 0 aliphatic rings. The van der Waals surface area contributed by atoms with Crippen molar-refractivity contribution >= 4 is 23.7 Å². The zero-order valence-corrected chi connectivity index (χ0v) is 11.1. The molecule has 0 aliphatic heterocycles. The number of anilines is 1. The van der Waals surface area contributed by atoms with E-state index in [1.54, 1.807) is 0 Å². The van der Waals surface area contributed by atoms with Crippen LogP contribution in [0.4, 0.5) is 5.82 Å². The molecule has 0 saturated carbocycles. The van der Waals surface area contributed by atoms with Gasteiger partial charge in [0.05, 0.1) is 5.56 Å². The summed E-state index contributed by atoms with van der Waals surface area (Å²) < 4.78 is 0. The van der Waals surface area contributed by atoms with E-state index in [-0.39, 0.29) is 5.15 Å². The minimum absolute atomic E-state index is 0.199. The molecule has 0 fully saturated rings. The Morgan fingerprint density at radius 1 is 1.29 bits per heavy atom. The van der Waals surface area contributed by atoms with E-state index in [1.807, 2.05) is 26.0 Å². The Morgan fingerprint density at radius 3 is 2.59 bits per heavy atom. The van der Waals surface area contributed by atoms with Gasteiger partial charge in [0.25, 0.3) is 0 Å². The fourth-order valence-electron chi connectivity index (χ4n) is 1.50. The summed E-state index contributed by atoms with van der Waals surface area (Å²) in [5.41, 5.74) is 0.349. The molecule has 0 aromatic carbocycles. The fraction of sp³-hybridized carbons (Fsp3) is 0.545. The van der Waals surface area contributed by atoms with Crippen molar-refractivity contribution in [3.63, 3.8) is 0 Å². The molecule has 1 heterocycles. The summed E-state index contributed by atoms with van der Waals surface area (Å²) in [5.74, 6) is 0.582. The van der Waals surface area contributed by atoms with Crippen LogP contribution in [0.2, 0.25) is 5.15 Å². The minimum atomic E-state index is 0.199. The average molecular weight is 257 g/mol. The van der Waals surface area contributed by atoms with Crippen molar-refractivity contribution in [1.29, 1.82) is 0 Å². The van der Waals surface area contributed by atoms with Crippen molar-refractivity contribution < 1.29 is 4.79 Å². The highest BCUT2D eigenvalue weighted by atomic mass is 35.5. The third-order valence-corrected chi connectivity index (χ3v) is 2.69. The molecular formula is C11H17ClN4O. The first kappa shape index (κ1) is 13.9. The lowest BCUT2D eigenvalue weighted by Gasteiger charge is -2.20. The minimum Gasteiger partial charge on any atom is -0.359 e.